The molecule has 0 saturated heterocycles. The number of benzene rings is 2. The second kappa shape index (κ2) is 5.81. The molecule has 0 aliphatic carbocycles. The number of aryl methyl sites for hydroxylation is 2. The second-order valence-corrected chi connectivity index (χ2v) is 5.12. The van der Waals surface area contributed by atoms with Crippen LogP contribution < -0.4 is 10.5 Å². The van der Waals surface area contributed by atoms with Crippen LogP contribution in [0.2, 0.25) is 0 Å². The molecule has 0 aliphatic heterocycles. The zero-order valence-corrected chi connectivity index (χ0v) is 12.4. The lowest BCUT2D eigenvalue weighted by Crippen LogP contribution is -2.02. The lowest BCUT2D eigenvalue weighted by Gasteiger charge is -2.10. The van der Waals surface area contributed by atoms with Gasteiger partial charge in [-0.3, -0.25) is 0 Å². The van der Waals surface area contributed by atoms with E-state index >= 15 is 0 Å². The van der Waals surface area contributed by atoms with Gasteiger partial charge in [0.2, 0.25) is 5.95 Å². The van der Waals surface area contributed by atoms with Crippen LogP contribution in [0.25, 0.3) is 11.3 Å². The lowest BCUT2D eigenvalue weighted by atomic mass is 10.1. The average Bonchev–Trinajstić information content (AvgIpc) is 2.49. The molecule has 22 heavy (non-hydrogen) atoms. The molecule has 0 saturated carbocycles. The number of nitrogens with two attached hydrogens (primary N) is 1. The molecule has 1 heterocycles. The Morgan fingerprint density at radius 2 is 1.59 bits per heavy atom. The van der Waals surface area contributed by atoms with E-state index in [4.69, 9.17) is 10.5 Å². The summed E-state index contributed by atoms with van der Waals surface area (Å²) in [4.78, 5) is 4.26. The van der Waals surface area contributed by atoms with Crippen molar-refractivity contribution in [3.05, 3.63) is 59.7 Å². The average molecular weight is 292 g/mol. The quantitative estimate of drug-likeness (QED) is 0.799. The van der Waals surface area contributed by atoms with Crippen molar-refractivity contribution in [1.82, 2.24) is 15.2 Å². The molecule has 110 valence electrons. The molecule has 0 radical (unpaired) electrons. The zero-order chi connectivity index (χ0) is 15.5. The van der Waals surface area contributed by atoms with Gasteiger partial charge in [0.15, 0.2) is 0 Å². The molecule has 1 aromatic heterocycles. The predicted molar refractivity (Wildman–Crippen MR) is 85.7 cm³/mol. The van der Waals surface area contributed by atoms with E-state index < -0.39 is 0 Å². The summed E-state index contributed by atoms with van der Waals surface area (Å²) in [5, 5.41) is 7.85. The minimum absolute atomic E-state index is 0.117. The molecule has 3 rings (SSSR count). The fourth-order valence-corrected chi connectivity index (χ4v) is 2.28. The largest absolute Gasteiger partial charge is 0.436 e. The number of hydrogen-bond acceptors (Lipinski definition) is 5. The van der Waals surface area contributed by atoms with Crippen LogP contribution in [-0.4, -0.2) is 15.2 Å². The van der Waals surface area contributed by atoms with Gasteiger partial charge in [-0.2, -0.15) is 0 Å². The first-order valence-corrected chi connectivity index (χ1v) is 6.93. The Kier molecular flexibility index (Phi) is 3.70. The minimum Gasteiger partial charge on any atom is -0.436 e. The van der Waals surface area contributed by atoms with E-state index in [0.29, 0.717) is 17.3 Å². The Morgan fingerprint density at radius 3 is 2.27 bits per heavy atom. The summed E-state index contributed by atoms with van der Waals surface area (Å²) in [5.41, 5.74) is 9.36. The van der Waals surface area contributed by atoms with E-state index in [-0.39, 0.29) is 5.95 Å². The van der Waals surface area contributed by atoms with Crippen molar-refractivity contribution in [2.75, 3.05) is 5.73 Å². The molecule has 0 amide bonds. The van der Waals surface area contributed by atoms with Gasteiger partial charge >= 0.3 is 0 Å². The molecule has 0 aliphatic rings. The number of anilines is 1. The van der Waals surface area contributed by atoms with Crippen LogP contribution in [0, 0.1) is 13.8 Å². The highest BCUT2D eigenvalue weighted by molar-refractivity contribution is 5.65. The van der Waals surface area contributed by atoms with Crippen molar-refractivity contribution in [2.45, 2.75) is 13.8 Å². The molecule has 0 atom stereocenters. The van der Waals surface area contributed by atoms with Crippen LogP contribution in [0.3, 0.4) is 0 Å². The SMILES string of the molecule is Cc1cc(C)cc(Oc2nnc(N)nc2-c2ccccc2)c1. The van der Waals surface area contributed by atoms with Crippen molar-refractivity contribution < 1.29 is 4.74 Å². The van der Waals surface area contributed by atoms with Crippen molar-refractivity contribution in [3.63, 3.8) is 0 Å². The van der Waals surface area contributed by atoms with Crippen molar-refractivity contribution in [2.24, 2.45) is 0 Å². The Labute approximate surface area is 128 Å². The Hall–Kier alpha value is -2.95. The molecular weight excluding hydrogens is 276 g/mol. The van der Waals surface area contributed by atoms with E-state index in [2.05, 4.69) is 21.2 Å². The number of rotatable bonds is 3. The molecular formula is C17H16N4O. The summed E-state index contributed by atoms with van der Waals surface area (Å²) < 4.78 is 5.89. The van der Waals surface area contributed by atoms with Gasteiger partial charge in [-0.15, -0.1) is 10.2 Å². The maximum absolute atomic E-state index is 5.89. The van der Waals surface area contributed by atoms with Crippen LogP contribution in [0.15, 0.2) is 48.5 Å². The van der Waals surface area contributed by atoms with Gasteiger partial charge in [-0.25, -0.2) is 4.98 Å². The molecule has 2 N–H and O–H groups in total. The normalized spacial score (nSPS) is 10.5. The maximum Gasteiger partial charge on any atom is 0.265 e. The molecule has 0 fully saturated rings. The molecule has 2 aromatic carbocycles. The molecule has 5 heteroatoms. The highest BCUT2D eigenvalue weighted by Gasteiger charge is 2.13. The van der Waals surface area contributed by atoms with E-state index in [1.54, 1.807) is 0 Å². The van der Waals surface area contributed by atoms with Crippen LogP contribution in [-0.2, 0) is 0 Å². The van der Waals surface area contributed by atoms with Crippen molar-refractivity contribution in [3.8, 4) is 22.9 Å². The third kappa shape index (κ3) is 3.03. The molecule has 0 unspecified atom stereocenters. The summed E-state index contributed by atoms with van der Waals surface area (Å²) in [5.74, 6) is 1.16. The summed E-state index contributed by atoms with van der Waals surface area (Å²) in [6.45, 7) is 4.04. The van der Waals surface area contributed by atoms with Gasteiger partial charge < -0.3 is 10.5 Å². The third-order valence-corrected chi connectivity index (χ3v) is 3.13. The minimum atomic E-state index is 0.117. The van der Waals surface area contributed by atoms with Crippen LogP contribution in [0.5, 0.6) is 11.6 Å². The van der Waals surface area contributed by atoms with Gasteiger partial charge in [0.05, 0.1) is 0 Å². The summed E-state index contributed by atoms with van der Waals surface area (Å²) in [6.07, 6.45) is 0. The van der Waals surface area contributed by atoms with Gasteiger partial charge in [0.25, 0.3) is 5.88 Å². The zero-order valence-electron chi connectivity index (χ0n) is 12.4. The molecule has 0 spiro atoms. The van der Waals surface area contributed by atoms with Crippen molar-refractivity contribution >= 4 is 5.95 Å². The smallest absolute Gasteiger partial charge is 0.265 e. The first kappa shape index (κ1) is 14.0. The number of hydrogen-bond donors (Lipinski definition) is 1. The number of nitrogen functional groups attached to an aromatic ring is 1. The van der Waals surface area contributed by atoms with Gasteiger partial charge in [0, 0.05) is 5.56 Å². The summed E-state index contributed by atoms with van der Waals surface area (Å²) in [7, 11) is 0. The van der Waals surface area contributed by atoms with Crippen molar-refractivity contribution in [1.29, 1.82) is 0 Å². The van der Waals surface area contributed by atoms with Gasteiger partial charge in [-0.1, -0.05) is 36.4 Å². The lowest BCUT2D eigenvalue weighted by molar-refractivity contribution is 0.454. The molecule has 3 aromatic rings. The topological polar surface area (TPSA) is 73.9 Å². The fourth-order valence-electron chi connectivity index (χ4n) is 2.28. The van der Waals surface area contributed by atoms with Crippen LogP contribution in [0.1, 0.15) is 11.1 Å². The first-order valence-electron chi connectivity index (χ1n) is 6.93. The monoisotopic (exact) mass is 292 g/mol. The van der Waals surface area contributed by atoms with Gasteiger partial charge in [-0.05, 0) is 37.1 Å². The van der Waals surface area contributed by atoms with Gasteiger partial charge in [0.1, 0.15) is 11.4 Å². The predicted octanol–water partition coefficient (Wildman–Crippen LogP) is 3.53. The number of aromatic nitrogens is 3. The molecule has 0 bridgehead atoms. The highest BCUT2D eigenvalue weighted by Crippen LogP contribution is 2.30. The standard InChI is InChI=1S/C17H16N4O/c1-11-8-12(2)10-14(9-11)22-16-15(19-17(18)21-20-16)13-6-4-3-5-7-13/h3-10H,1-2H3,(H2,18,19,21). The van der Waals surface area contributed by atoms with E-state index in [1.807, 2.05) is 56.3 Å². The first-order chi connectivity index (χ1) is 10.6. The summed E-state index contributed by atoms with van der Waals surface area (Å²) >= 11 is 0. The highest BCUT2D eigenvalue weighted by atomic mass is 16.5. The number of ether oxygens (including phenoxy) is 1. The fraction of sp³-hybridized carbons (Fsp3) is 0.118. The van der Waals surface area contributed by atoms with E-state index in [9.17, 15) is 0 Å². The van der Waals surface area contributed by atoms with E-state index in [0.717, 1.165) is 16.7 Å². The van der Waals surface area contributed by atoms with Crippen LogP contribution in [0.4, 0.5) is 5.95 Å². The number of nitrogens with zero attached hydrogens (tertiary/aromatic N) is 3. The van der Waals surface area contributed by atoms with Crippen LogP contribution >= 0.6 is 0 Å². The van der Waals surface area contributed by atoms with E-state index in [1.165, 1.54) is 0 Å². The Morgan fingerprint density at radius 1 is 0.909 bits per heavy atom. The second-order valence-electron chi connectivity index (χ2n) is 5.12. The Bertz CT molecular complexity index is 783. The maximum atomic E-state index is 5.89. The Balaban J connectivity index is 2.04. The third-order valence-electron chi connectivity index (χ3n) is 3.13. The summed E-state index contributed by atoms with van der Waals surface area (Å²) in [6, 6.07) is 15.6. The molecule has 5 nitrogen and oxygen atoms in total.